The molecule has 1 aromatic heterocycles. The third kappa shape index (κ3) is 0.648. The van der Waals surface area contributed by atoms with Crippen molar-refractivity contribution in [1.82, 2.24) is 15.2 Å². The van der Waals surface area contributed by atoms with E-state index in [1.807, 2.05) is 0 Å². The highest BCUT2D eigenvalue weighted by Crippen LogP contribution is 1.88. The van der Waals surface area contributed by atoms with Crippen molar-refractivity contribution >= 4 is 5.95 Å². The summed E-state index contributed by atoms with van der Waals surface area (Å²) in [7, 11) is 0. The second kappa shape index (κ2) is 1.55. The number of nitrogens with one attached hydrogen (secondary N) is 2. The molecule has 1 aromatic rings. The van der Waals surface area contributed by atoms with Crippen molar-refractivity contribution in [3.8, 4) is 0 Å². The lowest BCUT2D eigenvalue weighted by atomic mass is 11.1. The van der Waals surface area contributed by atoms with E-state index < -0.39 is 0 Å². The molecule has 0 aliphatic rings. The first-order chi connectivity index (χ1) is 3.43. The minimum absolute atomic E-state index is 0.0278. The van der Waals surface area contributed by atoms with Crippen LogP contribution < -0.4 is 5.54 Å². The number of H-pyrrole nitrogens is 1. The highest BCUT2D eigenvalue weighted by molar-refractivity contribution is 5.14. The van der Waals surface area contributed by atoms with Crippen LogP contribution in [-0.2, 0) is 0 Å². The maximum absolute atomic E-state index is 11.2. The van der Waals surface area contributed by atoms with Crippen molar-refractivity contribution in [2.75, 3.05) is 5.54 Å². The average molecular weight is 102 g/mol. The van der Waals surface area contributed by atoms with E-state index in [1.165, 1.54) is 11.9 Å². The van der Waals surface area contributed by atoms with Crippen molar-refractivity contribution < 1.29 is 4.48 Å². The summed E-state index contributed by atoms with van der Waals surface area (Å²) in [5, 5.41) is 5.59. The van der Waals surface area contributed by atoms with Crippen LogP contribution in [0.2, 0.25) is 0 Å². The molecule has 1 rings (SSSR count). The summed E-state index contributed by atoms with van der Waals surface area (Å²) in [5.74, 6) is 0.0278. The predicted molar refractivity (Wildman–Crippen MR) is 21.1 cm³/mol. The van der Waals surface area contributed by atoms with Crippen LogP contribution >= 0.6 is 0 Å². The molecule has 38 valence electrons. The molecule has 7 heavy (non-hydrogen) atoms. The third-order valence-corrected chi connectivity index (χ3v) is 0.505. The van der Waals surface area contributed by atoms with E-state index in [2.05, 4.69) is 15.2 Å². The Kier molecular flexibility index (Phi) is 0.892. The molecule has 4 nitrogen and oxygen atoms in total. The van der Waals surface area contributed by atoms with Crippen LogP contribution in [-0.4, -0.2) is 15.2 Å². The zero-order valence-electron chi connectivity index (χ0n) is 3.35. The molecule has 0 amide bonds. The van der Waals surface area contributed by atoms with E-state index in [4.69, 9.17) is 0 Å². The molecular formula is C2H3FN4. The molecular weight excluding hydrogens is 99.0 g/mol. The number of halogens is 1. The highest BCUT2D eigenvalue weighted by atomic mass is 19.2. The topological polar surface area (TPSA) is 53.6 Å². The highest BCUT2D eigenvalue weighted by Gasteiger charge is 1.85. The molecule has 0 saturated carbocycles. The predicted octanol–water partition coefficient (Wildman–Crippen LogP) is 0.101. The summed E-state index contributed by atoms with van der Waals surface area (Å²) >= 11 is 0. The summed E-state index contributed by atoms with van der Waals surface area (Å²) in [6.07, 6.45) is 1.21. The molecule has 0 aliphatic heterocycles. The van der Waals surface area contributed by atoms with Gasteiger partial charge in [0.2, 0.25) is 5.95 Å². The zero-order valence-corrected chi connectivity index (χ0v) is 3.35. The lowest BCUT2D eigenvalue weighted by molar-refractivity contribution is 0.606. The Balaban J connectivity index is 2.76. The molecule has 0 bridgehead atoms. The average Bonchev–Trinajstić information content (AvgIpc) is 2.14. The standard InChI is InChI=1S/C2H3FN4/c3-6-2-4-1-5-7-2/h1H,(H2,4,5,6,7). The fourth-order valence-corrected chi connectivity index (χ4v) is 0.251. The molecule has 0 spiro atoms. The van der Waals surface area contributed by atoms with Crippen molar-refractivity contribution in [2.45, 2.75) is 0 Å². The second-order valence-corrected chi connectivity index (χ2v) is 0.929. The first kappa shape index (κ1) is 4.04. The Morgan fingerprint density at radius 2 is 2.71 bits per heavy atom. The van der Waals surface area contributed by atoms with E-state index in [0.717, 1.165) is 0 Å². The van der Waals surface area contributed by atoms with Crippen LogP contribution in [0.25, 0.3) is 0 Å². The van der Waals surface area contributed by atoms with Gasteiger partial charge in [-0.2, -0.15) is 15.6 Å². The molecule has 0 aromatic carbocycles. The largest absolute Gasteiger partial charge is 0.247 e. The molecule has 0 fully saturated rings. The summed E-state index contributed by atoms with van der Waals surface area (Å²) in [4.78, 5) is 3.38. The molecule has 2 N–H and O–H groups in total. The number of hydrogen-bond donors (Lipinski definition) is 2. The lowest BCUT2D eigenvalue weighted by Gasteiger charge is -1.78. The molecule has 0 atom stereocenters. The molecule has 0 unspecified atom stereocenters. The first-order valence-corrected chi connectivity index (χ1v) is 1.65. The monoisotopic (exact) mass is 102 g/mol. The van der Waals surface area contributed by atoms with E-state index in [9.17, 15) is 4.48 Å². The van der Waals surface area contributed by atoms with E-state index >= 15 is 0 Å². The van der Waals surface area contributed by atoms with Crippen LogP contribution in [0.4, 0.5) is 10.4 Å². The van der Waals surface area contributed by atoms with Crippen molar-refractivity contribution in [2.24, 2.45) is 0 Å². The van der Waals surface area contributed by atoms with Gasteiger partial charge in [0, 0.05) is 0 Å². The van der Waals surface area contributed by atoms with Crippen LogP contribution in [0.3, 0.4) is 0 Å². The smallest absolute Gasteiger partial charge is 0.244 e. The summed E-state index contributed by atoms with van der Waals surface area (Å²) in [6.45, 7) is 0. The molecule has 0 aliphatic carbocycles. The number of hydrogen-bond acceptors (Lipinski definition) is 3. The van der Waals surface area contributed by atoms with Crippen LogP contribution in [0.5, 0.6) is 0 Å². The summed E-state index contributed by atoms with van der Waals surface area (Å²) < 4.78 is 11.2. The number of anilines is 1. The zero-order chi connectivity index (χ0) is 5.11. The van der Waals surface area contributed by atoms with Crippen LogP contribution in [0, 0.1) is 0 Å². The Morgan fingerprint density at radius 3 is 3.00 bits per heavy atom. The van der Waals surface area contributed by atoms with Gasteiger partial charge < -0.3 is 0 Å². The van der Waals surface area contributed by atoms with E-state index in [-0.39, 0.29) is 5.95 Å². The Bertz CT molecular complexity index is 124. The number of nitrogens with zero attached hydrogens (tertiary/aromatic N) is 2. The minimum Gasteiger partial charge on any atom is -0.244 e. The summed E-state index contributed by atoms with van der Waals surface area (Å²) in [5.41, 5.74) is 1.28. The van der Waals surface area contributed by atoms with E-state index in [0.29, 0.717) is 0 Å². The maximum atomic E-state index is 11.2. The van der Waals surface area contributed by atoms with Gasteiger partial charge in [-0.05, 0) is 0 Å². The van der Waals surface area contributed by atoms with Gasteiger partial charge in [0.15, 0.2) is 0 Å². The number of aromatic amines is 1. The summed E-state index contributed by atoms with van der Waals surface area (Å²) in [6, 6.07) is 0. The number of aromatic nitrogens is 3. The van der Waals surface area contributed by atoms with Crippen molar-refractivity contribution in [1.29, 1.82) is 0 Å². The third-order valence-electron chi connectivity index (χ3n) is 0.505. The van der Waals surface area contributed by atoms with Gasteiger partial charge in [-0.1, -0.05) is 0 Å². The SMILES string of the molecule is FNc1ncn[nH]1. The normalized spacial score (nSPS) is 8.71. The van der Waals surface area contributed by atoms with Crippen LogP contribution in [0.1, 0.15) is 0 Å². The molecule has 0 saturated heterocycles. The molecule has 0 radical (unpaired) electrons. The Hall–Kier alpha value is -1.13. The van der Waals surface area contributed by atoms with Crippen LogP contribution in [0.15, 0.2) is 6.33 Å². The van der Waals surface area contributed by atoms with Crippen molar-refractivity contribution in [3.05, 3.63) is 6.33 Å². The van der Waals surface area contributed by atoms with Gasteiger partial charge in [-0.15, -0.1) is 4.48 Å². The van der Waals surface area contributed by atoms with Gasteiger partial charge >= 0.3 is 0 Å². The number of rotatable bonds is 1. The Morgan fingerprint density at radius 1 is 1.86 bits per heavy atom. The fraction of sp³-hybridized carbons (Fsp3) is 0. The van der Waals surface area contributed by atoms with Gasteiger partial charge in [0.1, 0.15) is 6.33 Å². The second-order valence-electron chi connectivity index (χ2n) is 0.929. The van der Waals surface area contributed by atoms with Crippen molar-refractivity contribution in [3.63, 3.8) is 0 Å². The quantitative estimate of drug-likeness (QED) is 0.494. The van der Waals surface area contributed by atoms with Gasteiger partial charge in [0.25, 0.3) is 0 Å². The maximum Gasteiger partial charge on any atom is 0.247 e. The lowest BCUT2D eigenvalue weighted by Crippen LogP contribution is -1.81. The molecule has 1 heterocycles. The van der Waals surface area contributed by atoms with Gasteiger partial charge in [-0.25, -0.2) is 5.10 Å². The Labute approximate surface area is 38.7 Å². The minimum atomic E-state index is 0.0278. The first-order valence-electron chi connectivity index (χ1n) is 1.65. The molecule has 5 heteroatoms. The van der Waals surface area contributed by atoms with E-state index in [1.54, 1.807) is 0 Å². The van der Waals surface area contributed by atoms with Gasteiger partial charge in [0.05, 0.1) is 0 Å². The van der Waals surface area contributed by atoms with Gasteiger partial charge in [-0.3, -0.25) is 0 Å². The fourth-order valence-electron chi connectivity index (χ4n) is 0.251.